The second kappa shape index (κ2) is 4.76. The van der Waals surface area contributed by atoms with Gasteiger partial charge in [0.05, 0.1) is 12.3 Å². The van der Waals surface area contributed by atoms with E-state index in [1.807, 2.05) is 14.0 Å². The summed E-state index contributed by atoms with van der Waals surface area (Å²) in [6.45, 7) is 2.52. The molecule has 2 rings (SSSR count). The van der Waals surface area contributed by atoms with E-state index in [4.69, 9.17) is 0 Å². The fourth-order valence-corrected chi connectivity index (χ4v) is 2.37. The molecule has 0 unspecified atom stereocenters. The lowest BCUT2D eigenvalue weighted by Gasteiger charge is -2.38. The lowest BCUT2D eigenvalue weighted by Crippen LogP contribution is -2.43. The molecule has 0 atom stereocenters. The van der Waals surface area contributed by atoms with Gasteiger partial charge in [-0.2, -0.15) is 10.4 Å². The Labute approximate surface area is 101 Å². The maximum atomic E-state index is 9.21. The molecule has 0 bridgehead atoms. The Hall–Kier alpha value is -1.54. The van der Waals surface area contributed by atoms with Crippen LogP contribution in [0.2, 0.25) is 0 Å². The number of nitriles is 1. The number of rotatable bonds is 4. The molecule has 1 fully saturated rings. The third kappa shape index (κ3) is 2.01. The summed E-state index contributed by atoms with van der Waals surface area (Å²) in [5, 5.41) is 22.7. The van der Waals surface area contributed by atoms with Crippen LogP contribution < -0.4 is 4.90 Å². The van der Waals surface area contributed by atoms with Gasteiger partial charge < -0.3 is 10.0 Å². The van der Waals surface area contributed by atoms with Crippen LogP contribution in [-0.2, 0) is 7.05 Å². The first-order valence-electron chi connectivity index (χ1n) is 6.00. The third-order valence-electron chi connectivity index (χ3n) is 3.43. The summed E-state index contributed by atoms with van der Waals surface area (Å²) in [6, 6.07) is 2.67. The van der Waals surface area contributed by atoms with E-state index in [2.05, 4.69) is 16.1 Å². The largest absolute Gasteiger partial charge is 0.395 e. The SMILES string of the molecule is Cc1nn(C)c(N(CCO)C2CCC2)c1C#N. The zero-order chi connectivity index (χ0) is 12.4. The minimum absolute atomic E-state index is 0.103. The number of aryl methyl sites for hydroxylation is 2. The monoisotopic (exact) mass is 234 g/mol. The minimum atomic E-state index is 0.103. The van der Waals surface area contributed by atoms with Crippen molar-refractivity contribution < 1.29 is 5.11 Å². The van der Waals surface area contributed by atoms with Gasteiger partial charge in [0.1, 0.15) is 17.5 Å². The lowest BCUT2D eigenvalue weighted by molar-refractivity contribution is 0.282. The normalized spacial score (nSPS) is 15.4. The van der Waals surface area contributed by atoms with Crippen molar-refractivity contribution in [3.63, 3.8) is 0 Å². The average Bonchev–Trinajstić information content (AvgIpc) is 2.49. The highest BCUT2D eigenvalue weighted by Crippen LogP contribution is 2.31. The highest BCUT2D eigenvalue weighted by Gasteiger charge is 2.29. The molecule has 1 aromatic rings. The molecule has 92 valence electrons. The summed E-state index contributed by atoms with van der Waals surface area (Å²) in [6.07, 6.45) is 3.50. The molecule has 1 aliphatic rings. The lowest BCUT2D eigenvalue weighted by atomic mass is 9.91. The summed E-state index contributed by atoms with van der Waals surface area (Å²) in [4.78, 5) is 2.13. The molecule has 0 radical (unpaired) electrons. The van der Waals surface area contributed by atoms with Crippen LogP contribution in [0.25, 0.3) is 0 Å². The average molecular weight is 234 g/mol. The van der Waals surface area contributed by atoms with Crippen molar-refractivity contribution in [3.8, 4) is 6.07 Å². The Balaban J connectivity index is 2.38. The second-order valence-electron chi connectivity index (χ2n) is 4.52. The highest BCUT2D eigenvalue weighted by molar-refractivity contribution is 5.57. The molecule has 1 aliphatic carbocycles. The van der Waals surface area contributed by atoms with Gasteiger partial charge >= 0.3 is 0 Å². The molecular weight excluding hydrogens is 216 g/mol. The van der Waals surface area contributed by atoms with Crippen LogP contribution in [0, 0.1) is 18.3 Å². The first-order chi connectivity index (χ1) is 8.19. The quantitative estimate of drug-likeness (QED) is 0.842. The third-order valence-corrected chi connectivity index (χ3v) is 3.43. The zero-order valence-electron chi connectivity index (χ0n) is 10.3. The van der Waals surface area contributed by atoms with Crippen molar-refractivity contribution in [1.82, 2.24) is 9.78 Å². The van der Waals surface area contributed by atoms with Crippen LogP contribution in [0.1, 0.15) is 30.5 Å². The van der Waals surface area contributed by atoms with Gasteiger partial charge in [0, 0.05) is 19.6 Å². The molecule has 5 nitrogen and oxygen atoms in total. The number of nitrogens with zero attached hydrogens (tertiary/aromatic N) is 4. The Morgan fingerprint density at radius 2 is 2.29 bits per heavy atom. The van der Waals surface area contributed by atoms with Crippen LogP contribution in [0.3, 0.4) is 0 Å². The fourth-order valence-electron chi connectivity index (χ4n) is 2.37. The van der Waals surface area contributed by atoms with Crippen LogP contribution >= 0.6 is 0 Å². The van der Waals surface area contributed by atoms with Gasteiger partial charge in [-0.15, -0.1) is 0 Å². The standard InChI is InChI=1S/C12H18N4O/c1-9-11(8-13)12(15(2)14-9)16(6-7-17)10-4-3-5-10/h10,17H,3-7H2,1-2H3. The van der Waals surface area contributed by atoms with Gasteiger partial charge in [-0.3, -0.25) is 4.68 Å². The fraction of sp³-hybridized carbons (Fsp3) is 0.667. The van der Waals surface area contributed by atoms with E-state index in [1.54, 1.807) is 4.68 Å². The Kier molecular flexibility index (Phi) is 3.34. The number of hydrogen-bond donors (Lipinski definition) is 1. The van der Waals surface area contributed by atoms with E-state index in [0.717, 1.165) is 24.4 Å². The van der Waals surface area contributed by atoms with Gasteiger partial charge in [-0.05, 0) is 26.2 Å². The second-order valence-corrected chi connectivity index (χ2v) is 4.52. The summed E-state index contributed by atoms with van der Waals surface area (Å²) in [5.41, 5.74) is 1.39. The Bertz CT molecular complexity index is 442. The van der Waals surface area contributed by atoms with Gasteiger partial charge in [-0.25, -0.2) is 0 Å². The summed E-state index contributed by atoms with van der Waals surface area (Å²) in [5.74, 6) is 0.851. The molecular formula is C12H18N4O. The van der Waals surface area contributed by atoms with Crippen LogP contribution in [-0.4, -0.2) is 34.1 Å². The summed E-state index contributed by atoms with van der Waals surface area (Å²) < 4.78 is 1.75. The van der Waals surface area contributed by atoms with Crippen molar-refractivity contribution in [2.45, 2.75) is 32.2 Å². The molecule has 0 saturated heterocycles. The molecule has 1 saturated carbocycles. The molecule has 5 heteroatoms. The smallest absolute Gasteiger partial charge is 0.145 e. The zero-order valence-corrected chi connectivity index (χ0v) is 10.3. The maximum Gasteiger partial charge on any atom is 0.145 e. The van der Waals surface area contributed by atoms with E-state index in [0.29, 0.717) is 18.2 Å². The van der Waals surface area contributed by atoms with Gasteiger partial charge in [0.25, 0.3) is 0 Å². The maximum absolute atomic E-state index is 9.21. The molecule has 0 amide bonds. The van der Waals surface area contributed by atoms with Crippen molar-refractivity contribution in [2.24, 2.45) is 7.05 Å². The predicted molar refractivity (Wildman–Crippen MR) is 64.7 cm³/mol. The minimum Gasteiger partial charge on any atom is -0.395 e. The first kappa shape index (κ1) is 11.9. The molecule has 1 aromatic heterocycles. The Morgan fingerprint density at radius 3 is 2.76 bits per heavy atom. The van der Waals surface area contributed by atoms with E-state index in [-0.39, 0.29) is 6.61 Å². The van der Waals surface area contributed by atoms with E-state index < -0.39 is 0 Å². The van der Waals surface area contributed by atoms with Gasteiger partial charge in [-0.1, -0.05) is 0 Å². The molecule has 1 N–H and O–H groups in total. The van der Waals surface area contributed by atoms with E-state index in [9.17, 15) is 10.4 Å². The van der Waals surface area contributed by atoms with Crippen molar-refractivity contribution in [1.29, 1.82) is 5.26 Å². The highest BCUT2D eigenvalue weighted by atomic mass is 16.3. The molecule has 0 aromatic carbocycles. The predicted octanol–water partition coefficient (Wildman–Crippen LogP) is 0.951. The van der Waals surface area contributed by atoms with E-state index in [1.165, 1.54) is 6.42 Å². The number of aliphatic hydroxyl groups is 1. The topological polar surface area (TPSA) is 65.1 Å². The molecule has 1 heterocycles. The molecule has 0 spiro atoms. The van der Waals surface area contributed by atoms with Crippen LogP contribution in [0.4, 0.5) is 5.82 Å². The van der Waals surface area contributed by atoms with E-state index >= 15 is 0 Å². The summed E-state index contributed by atoms with van der Waals surface area (Å²) in [7, 11) is 1.85. The first-order valence-corrected chi connectivity index (χ1v) is 6.00. The number of anilines is 1. The van der Waals surface area contributed by atoms with Gasteiger partial charge in [0.15, 0.2) is 0 Å². The number of aliphatic hydroxyl groups excluding tert-OH is 1. The van der Waals surface area contributed by atoms with Crippen LogP contribution in [0.15, 0.2) is 0 Å². The van der Waals surface area contributed by atoms with Crippen molar-refractivity contribution in [2.75, 3.05) is 18.1 Å². The summed E-state index contributed by atoms with van der Waals surface area (Å²) >= 11 is 0. The van der Waals surface area contributed by atoms with Crippen LogP contribution in [0.5, 0.6) is 0 Å². The van der Waals surface area contributed by atoms with Gasteiger partial charge in [0.2, 0.25) is 0 Å². The Morgan fingerprint density at radius 1 is 1.59 bits per heavy atom. The molecule has 0 aliphatic heterocycles. The number of aromatic nitrogens is 2. The molecule has 17 heavy (non-hydrogen) atoms. The number of hydrogen-bond acceptors (Lipinski definition) is 4. The van der Waals surface area contributed by atoms with Crippen molar-refractivity contribution >= 4 is 5.82 Å². The van der Waals surface area contributed by atoms with Crippen molar-refractivity contribution in [3.05, 3.63) is 11.3 Å².